The van der Waals surface area contributed by atoms with Crippen LogP contribution < -0.4 is 15.4 Å². The number of phenolic OH excluding ortho intramolecular Hbond substituents is 1. The summed E-state index contributed by atoms with van der Waals surface area (Å²) in [5, 5.41) is 17.6. The standard InChI is InChI=1S/C33H43FN2O5/c1-22(35-20-26-11-8-16-40-26)21-41-29-13-7-5-10-24(29)19-36-33(39-3)30(34)17-25(18-31(33)38-2)32-27-12-6-4-9-23(27)14-15-28(32)37/h5,7,10,13-15,17-18,22,26,30,35-37H,4,6,8-9,11-12,16,19-21H2,1-3H3/t22?,26-,30?,33?/m0/s1. The zero-order valence-electron chi connectivity index (χ0n) is 24.4. The molecular weight excluding hydrogens is 523 g/mol. The number of ether oxygens (including phenoxy) is 4. The number of hydrogen-bond acceptors (Lipinski definition) is 7. The van der Waals surface area contributed by atoms with Crippen molar-refractivity contribution in [3.05, 3.63) is 76.6 Å². The molecule has 1 saturated heterocycles. The van der Waals surface area contributed by atoms with Crippen LogP contribution in [0.1, 0.15) is 54.9 Å². The molecule has 5 rings (SSSR count). The van der Waals surface area contributed by atoms with E-state index in [1.54, 1.807) is 12.1 Å². The summed E-state index contributed by atoms with van der Waals surface area (Å²) >= 11 is 0. The van der Waals surface area contributed by atoms with Gasteiger partial charge >= 0.3 is 0 Å². The Balaban J connectivity index is 1.30. The van der Waals surface area contributed by atoms with E-state index in [1.807, 2.05) is 30.3 Å². The number of benzene rings is 2. The number of rotatable bonds is 12. The number of alkyl halides is 1. The maximum absolute atomic E-state index is 16.2. The van der Waals surface area contributed by atoms with Crippen LogP contribution >= 0.6 is 0 Å². The monoisotopic (exact) mass is 566 g/mol. The summed E-state index contributed by atoms with van der Waals surface area (Å²) in [6.45, 7) is 4.52. The third-order valence-electron chi connectivity index (χ3n) is 8.43. The molecule has 0 spiro atoms. The fraction of sp³-hybridized carbons (Fsp3) is 0.515. The van der Waals surface area contributed by atoms with Gasteiger partial charge in [-0.2, -0.15) is 0 Å². The predicted molar refractivity (Wildman–Crippen MR) is 158 cm³/mol. The van der Waals surface area contributed by atoms with Crippen molar-refractivity contribution < 1.29 is 28.4 Å². The second kappa shape index (κ2) is 13.4. The lowest BCUT2D eigenvalue weighted by atomic mass is 9.82. The fourth-order valence-electron chi connectivity index (χ4n) is 6.11. The summed E-state index contributed by atoms with van der Waals surface area (Å²) < 4.78 is 39.6. The first kappa shape index (κ1) is 29.6. The minimum Gasteiger partial charge on any atom is -0.507 e. The molecule has 222 valence electrons. The SMILES string of the molecule is COC1=CC(c2c(O)ccc3c2CCCC3)=CC(F)C1(NCc1ccccc1OCC(C)NC[C@@H]1CCCO1)OC. The quantitative estimate of drug-likeness (QED) is 0.305. The number of fused-ring (bicyclic) bond motifs is 1. The Morgan fingerprint density at radius 3 is 2.73 bits per heavy atom. The number of aryl methyl sites for hydroxylation is 1. The summed E-state index contributed by atoms with van der Waals surface area (Å²) in [5.41, 5.74) is 2.93. The van der Waals surface area contributed by atoms with Crippen LogP contribution in [-0.2, 0) is 33.6 Å². The van der Waals surface area contributed by atoms with Gasteiger partial charge in [-0.15, -0.1) is 0 Å². The van der Waals surface area contributed by atoms with Gasteiger partial charge in [-0.1, -0.05) is 24.3 Å². The topological polar surface area (TPSA) is 81.2 Å². The molecule has 4 atom stereocenters. The molecule has 0 amide bonds. The number of aromatic hydroxyl groups is 1. The Labute approximate surface area is 242 Å². The van der Waals surface area contributed by atoms with E-state index in [4.69, 9.17) is 18.9 Å². The molecule has 2 aromatic carbocycles. The van der Waals surface area contributed by atoms with E-state index in [2.05, 4.69) is 17.6 Å². The van der Waals surface area contributed by atoms with Crippen LogP contribution in [0.25, 0.3) is 5.57 Å². The first-order valence-electron chi connectivity index (χ1n) is 14.8. The summed E-state index contributed by atoms with van der Waals surface area (Å²) in [5.74, 6) is 1.19. The summed E-state index contributed by atoms with van der Waals surface area (Å²) in [6.07, 6.45) is 8.20. The van der Waals surface area contributed by atoms with Gasteiger partial charge in [0.1, 0.15) is 23.9 Å². The molecule has 3 N–H and O–H groups in total. The zero-order chi connectivity index (χ0) is 28.8. The molecule has 1 fully saturated rings. The van der Waals surface area contributed by atoms with Crippen LogP contribution in [0.2, 0.25) is 0 Å². The molecule has 7 nitrogen and oxygen atoms in total. The third kappa shape index (κ3) is 6.46. The average Bonchev–Trinajstić information content (AvgIpc) is 3.52. The number of nitrogens with one attached hydrogen (secondary N) is 2. The van der Waals surface area contributed by atoms with Crippen molar-refractivity contribution in [2.75, 3.05) is 34.0 Å². The lowest BCUT2D eigenvalue weighted by Gasteiger charge is -2.39. The smallest absolute Gasteiger partial charge is 0.212 e. The highest BCUT2D eigenvalue weighted by molar-refractivity contribution is 5.82. The van der Waals surface area contributed by atoms with Gasteiger partial charge in [0.2, 0.25) is 5.72 Å². The number of phenols is 1. The largest absolute Gasteiger partial charge is 0.507 e. The van der Waals surface area contributed by atoms with Crippen molar-refractivity contribution in [2.24, 2.45) is 0 Å². The van der Waals surface area contributed by atoms with Crippen LogP contribution in [0.3, 0.4) is 0 Å². The highest BCUT2D eigenvalue weighted by atomic mass is 19.1. The molecule has 3 aliphatic rings. The number of allylic oxidation sites excluding steroid dienone is 2. The summed E-state index contributed by atoms with van der Waals surface area (Å²) in [7, 11) is 2.98. The van der Waals surface area contributed by atoms with Crippen LogP contribution in [0.4, 0.5) is 4.39 Å². The number of halogens is 1. The molecule has 1 aliphatic heterocycles. The molecule has 2 aliphatic carbocycles. The van der Waals surface area contributed by atoms with Gasteiger partial charge in [0.05, 0.1) is 13.2 Å². The minimum absolute atomic E-state index is 0.144. The van der Waals surface area contributed by atoms with Crippen molar-refractivity contribution in [3.63, 3.8) is 0 Å². The van der Waals surface area contributed by atoms with Crippen LogP contribution in [-0.4, -0.2) is 63.1 Å². The molecule has 3 unspecified atom stereocenters. The Bertz CT molecular complexity index is 1260. The van der Waals surface area contributed by atoms with Crippen molar-refractivity contribution >= 4 is 5.57 Å². The zero-order valence-corrected chi connectivity index (χ0v) is 24.4. The van der Waals surface area contributed by atoms with Gasteiger partial charge in [-0.3, -0.25) is 5.32 Å². The second-order valence-corrected chi connectivity index (χ2v) is 11.2. The first-order valence-corrected chi connectivity index (χ1v) is 14.8. The lowest BCUT2D eigenvalue weighted by molar-refractivity contribution is -0.0852. The van der Waals surface area contributed by atoms with Crippen molar-refractivity contribution in [2.45, 2.75) is 76.0 Å². The van der Waals surface area contributed by atoms with Gasteiger partial charge in [0, 0.05) is 44.0 Å². The normalized spacial score (nSPS) is 24.8. The van der Waals surface area contributed by atoms with E-state index in [0.29, 0.717) is 23.5 Å². The highest BCUT2D eigenvalue weighted by Crippen LogP contribution is 2.42. The van der Waals surface area contributed by atoms with Gasteiger partial charge in [-0.05, 0) is 86.4 Å². The average molecular weight is 567 g/mol. The lowest BCUT2D eigenvalue weighted by Crippen LogP contribution is -2.56. The molecule has 0 aromatic heterocycles. The van der Waals surface area contributed by atoms with E-state index in [-0.39, 0.29) is 24.4 Å². The van der Waals surface area contributed by atoms with Gasteiger partial charge in [-0.25, -0.2) is 4.39 Å². The van der Waals surface area contributed by atoms with Crippen molar-refractivity contribution in [3.8, 4) is 11.5 Å². The number of methoxy groups -OCH3 is 2. The molecule has 8 heteroatoms. The Hall–Kier alpha value is -2.91. The maximum Gasteiger partial charge on any atom is 0.212 e. The Morgan fingerprint density at radius 1 is 1.12 bits per heavy atom. The molecular formula is C33H43FN2O5. The molecule has 2 aromatic rings. The van der Waals surface area contributed by atoms with Gasteiger partial charge < -0.3 is 29.4 Å². The van der Waals surface area contributed by atoms with E-state index < -0.39 is 11.9 Å². The fourth-order valence-corrected chi connectivity index (χ4v) is 6.11. The van der Waals surface area contributed by atoms with Crippen LogP contribution in [0.5, 0.6) is 11.5 Å². The second-order valence-electron chi connectivity index (χ2n) is 11.2. The number of para-hydroxylation sites is 1. The van der Waals surface area contributed by atoms with Crippen LogP contribution in [0.15, 0.2) is 54.3 Å². The van der Waals surface area contributed by atoms with Crippen LogP contribution in [0, 0.1) is 0 Å². The molecule has 1 heterocycles. The van der Waals surface area contributed by atoms with E-state index in [9.17, 15) is 5.11 Å². The van der Waals surface area contributed by atoms with E-state index >= 15 is 4.39 Å². The third-order valence-corrected chi connectivity index (χ3v) is 8.43. The molecule has 0 bridgehead atoms. The van der Waals surface area contributed by atoms with Gasteiger partial charge in [0.15, 0.2) is 6.17 Å². The molecule has 41 heavy (non-hydrogen) atoms. The predicted octanol–water partition coefficient (Wildman–Crippen LogP) is 5.20. The van der Waals surface area contributed by atoms with E-state index in [1.165, 1.54) is 25.9 Å². The Kier molecular flexibility index (Phi) is 9.65. The van der Waals surface area contributed by atoms with Crippen molar-refractivity contribution in [1.82, 2.24) is 10.6 Å². The summed E-state index contributed by atoms with van der Waals surface area (Å²) in [6, 6.07) is 11.6. The van der Waals surface area contributed by atoms with Gasteiger partial charge in [0.25, 0.3) is 0 Å². The maximum atomic E-state index is 16.2. The minimum atomic E-state index is -1.57. The molecule has 0 radical (unpaired) electrons. The number of hydrogen-bond donors (Lipinski definition) is 3. The Morgan fingerprint density at radius 2 is 1.95 bits per heavy atom. The van der Waals surface area contributed by atoms with E-state index in [0.717, 1.165) is 68.6 Å². The summed E-state index contributed by atoms with van der Waals surface area (Å²) in [4.78, 5) is 0. The highest BCUT2D eigenvalue weighted by Gasteiger charge is 2.46. The van der Waals surface area contributed by atoms with Crippen molar-refractivity contribution in [1.29, 1.82) is 0 Å². The molecule has 0 saturated carbocycles. The first-order chi connectivity index (χ1) is 19.9.